The molecule has 0 atom stereocenters. The standard InChI is InChI=1S/C22H19Cl2N7O2/c23-13-5-6-17(14(24)9-13)33-21-10-18(29-22(30-21)31-8-7-25-20(32)12-31)26-11-19-27-15-3-1-2-4-16(15)28-19/h1-6,9-10H,7-8,11-12H2,(H,25,32)(H,27,28)(H,26,29,30). The third kappa shape index (κ3) is 4.94. The summed E-state index contributed by atoms with van der Waals surface area (Å²) < 4.78 is 5.93. The zero-order valence-electron chi connectivity index (χ0n) is 17.3. The number of piperazine rings is 1. The summed E-state index contributed by atoms with van der Waals surface area (Å²) in [7, 11) is 0. The van der Waals surface area contributed by atoms with Gasteiger partial charge in [-0.2, -0.15) is 9.97 Å². The maximum atomic E-state index is 11.9. The number of carbonyl (C=O) groups excluding carboxylic acids is 1. The van der Waals surface area contributed by atoms with Crippen LogP contribution in [0, 0.1) is 0 Å². The molecule has 1 aliphatic heterocycles. The Morgan fingerprint density at radius 3 is 2.79 bits per heavy atom. The minimum Gasteiger partial charge on any atom is -0.437 e. The van der Waals surface area contributed by atoms with Gasteiger partial charge in [-0.25, -0.2) is 4.98 Å². The second kappa shape index (κ2) is 9.13. The number of halogens is 2. The molecule has 0 spiro atoms. The van der Waals surface area contributed by atoms with Crippen molar-refractivity contribution in [2.45, 2.75) is 6.54 Å². The van der Waals surface area contributed by atoms with E-state index in [-0.39, 0.29) is 18.3 Å². The van der Waals surface area contributed by atoms with Gasteiger partial charge < -0.3 is 25.3 Å². The van der Waals surface area contributed by atoms with Crippen LogP contribution in [-0.4, -0.2) is 45.5 Å². The quantitative estimate of drug-likeness (QED) is 0.380. The van der Waals surface area contributed by atoms with E-state index < -0.39 is 0 Å². The fourth-order valence-corrected chi connectivity index (χ4v) is 3.89. The van der Waals surface area contributed by atoms with Crippen LogP contribution >= 0.6 is 23.2 Å². The molecule has 5 rings (SSSR count). The smallest absolute Gasteiger partial charge is 0.239 e. The number of carbonyl (C=O) groups is 1. The number of anilines is 2. The van der Waals surface area contributed by atoms with E-state index in [0.29, 0.717) is 47.2 Å². The predicted octanol–water partition coefficient (Wildman–Crippen LogP) is 4.00. The van der Waals surface area contributed by atoms with Crippen LogP contribution in [0.25, 0.3) is 11.0 Å². The number of H-pyrrole nitrogens is 1. The molecule has 2 aromatic heterocycles. The lowest BCUT2D eigenvalue weighted by Crippen LogP contribution is -2.48. The van der Waals surface area contributed by atoms with Crippen molar-refractivity contribution >= 4 is 51.9 Å². The van der Waals surface area contributed by atoms with Crippen molar-refractivity contribution in [2.24, 2.45) is 0 Å². The van der Waals surface area contributed by atoms with Gasteiger partial charge in [0, 0.05) is 24.2 Å². The summed E-state index contributed by atoms with van der Waals surface area (Å²) in [5, 5.41) is 6.92. The highest BCUT2D eigenvalue weighted by molar-refractivity contribution is 6.35. The number of benzene rings is 2. The molecular formula is C22H19Cl2N7O2. The number of ether oxygens (including phenoxy) is 1. The largest absolute Gasteiger partial charge is 0.437 e. The maximum Gasteiger partial charge on any atom is 0.239 e. The number of aromatic amines is 1. The van der Waals surface area contributed by atoms with Crippen molar-refractivity contribution in [3.8, 4) is 11.6 Å². The first-order valence-corrected chi connectivity index (χ1v) is 11.0. The Bertz CT molecular complexity index is 1290. The average Bonchev–Trinajstić information content (AvgIpc) is 3.23. The highest BCUT2D eigenvalue weighted by Crippen LogP contribution is 2.32. The summed E-state index contributed by atoms with van der Waals surface area (Å²) in [6.07, 6.45) is 0. The van der Waals surface area contributed by atoms with Crippen molar-refractivity contribution in [1.82, 2.24) is 25.3 Å². The lowest BCUT2D eigenvalue weighted by atomic mass is 10.3. The first-order chi connectivity index (χ1) is 16.0. The molecule has 1 aliphatic rings. The monoisotopic (exact) mass is 483 g/mol. The number of hydrogen-bond donors (Lipinski definition) is 3. The van der Waals surface area contributed by atoms with Gasteiger partial charge in [0.1, 0.15) is 17.4 Å². The number of nitrogens with zero attached hydrogens (tertiary/aromatic N) is 4. The number of amides is 1. The van der Waals surface area contributed by atoms with Crippen molar-refractivity contribution in [1.29, 1.82) is 0 Å². The Morgan fingerprint density at radius 1 is 1.09 bits per heavy atom. The number of nitrogens with one attached hydrogen (secondary N) is 3. The van der Waals surface area contributed by atoms with E-state index in [4.69, 9.17) is 27.9 Å². The summed E-state index contributed by atoms with van der Waals surface area (Å²) in [5.74, 6) is 2.25. The Kier molecular flexibility index (Phi) is 5.89. The third-order valence-corrected chi connectivity index (χ3v) is 5.53. The molecule has 33 heavy (non-hydrogen) atoms. The highest BCUT2D eigenvalue weighted by Gasteiger charge is 2.21. The molecule has 0 aliphatic carbocycles. The summed E-state index contributed by atoms with van der Waals surface area (Å²) in [5.41, 5.74) is 1.84. The van der Waals surface area contributed by atoms with Crippen molar-refractivity contribution < 1.29 is 9.53 Å². The SMILES string of the molecule is O=C1CN(c2nc(NCc3nc4ccccc4[nH]3)cc(Oc3ccc(Cl)cc3Cl)n2)CCN1. The molecule has 2 aromatic carbocycles. The summed E-state index contributed by atoms with van der Waals surface area (Å²) in [4.78, 5) is 30.6. The van der Waals surface area contributed by atoms with Gasteiger partial charge in [0.25, 0.3) is 0 Å². The van der Waals surface area contributed by atoms with Gasteiger partial charge in [-0.05, 0) is 30.3 Å². The number of para-hydroxylation sites is 2. The zero-order chi connectivity index (χ0) is 22.8. The number of fused-ring (bicyclic) bond motifs is 1. The lowest BCUT2D eigenvalue weighted by Gasteiger charge is -2.27. The topological polar surface area (TPSA) is 108 Å². The van der Waals surface area contributed by atoms with Gasteiger partial charge in [0.2, 0.25) is 17.7 Å². The molecule has 1 amide bonds. The van der Waals surface area contributed by atoms with E-state index in [2.05, 4.69) is 30.6 Å². The molecule has 0 radical (unpaired) electrons. The highest BCUT2D eigenvalue weighted by atomic mass is 35.5. The van der Waals surface area contributed by atoms with Crippen LogP contribution in [-0.2, 0) is 11.3 Å². The first-order valence-electron chi connectivity index (χ1n) is 10.2. The van der Waals surface area contributed by atoms with E-state index >= 15 is 0 Å². The summed E-state index contributed by atoms with van der Waals surface area (Å²) >= 11 is 12.2. The van der Waals surface area contributed by atoms with Crippen LogP contribution < -0.4 is 20.3 Å². The van der Waals surface area contributed by atoms with Crippen molar-refractivity contribution in [3.05, 3.63) is 64.4 Å². The number of aromatic nitrogens is 4. The van der Waals surface area contributed by atoms with E-state index in [1.54, 1.807) is 29.2 Å². The Balaban J connectivity index is 1.42. The Labute approximate surface area is 199 Å². The Morgan fingerprint density at radius 2 is 1.97 bits per heavy atom. The van der Waals surface area contributed by atoms with E-state index in [0.717, 1.165) is 16.9 Å². The fourth-order valence-electron chi connectivity index (χ4n) is 3.44. The third-order valence-electron chi connectivity index (χ3n) is 5.00. The van der Waals surface area contributed by atoms with Crippen molar-refractivity contribution in [2.75, 3.05) is 29.9 Å². The van der Waals surface area contributed by atoms with Gasteiger partial charge in [-0.15, -0.1) is 0 Å². The Hall–Kier alpha value is -3.56. The molecule has 0 unspecified atom stereocenters. The van der Waals surface area contributed by atoms with Gasteiger partial charge in [-0.3, -0.25) is 4.79 Å². The van der Waals surface area contributed by atoms with E-state index in [9.17, 15) is 4.79 Å². The van der Waals surface area contributed by atoms with Crippen LogP contribution in [0.2, 0.25) is 10.0 Å². The van der Waals surface area contributed by atoms with Crippen molar-refractivity contribution in [3.63, 3.8) is 0 Å². The summed E-state index contributed by atoms with van der Waals surface area (Å²) in [6.45, 7) is 1.67. The van der Waals surface area contributed by atoms with Gasteiger partial charge in [0.05, 0.1) is 29.1 Å². The van der Waals surface area contributed by atoms with E-state index in [1.165, 1.54) is 0 Å². The minimum atomic E-state index is -0.0892. The van der Waals surface area contributed by atoms with Crippen LogP contribution in [0.3, 0.4) is 0 Å². The van der Waals surface area contributed by atoms with Gasteiger partial charge in [0.15, 0.2) is 0 Å². The molecule has 4 aromatic rings. The molecular weight excluding hydrogens is 465 g/mol. The second-order valence-corrected chi connectivity index (χ2v) is 8.24. The molecule has 0 saturated carbocycles. The molecule has 9 nitrogen and oxygen atoms in total. The molecule has 1 saturated heterocycles. The molecule has 11 heteroatoms. The van der Waals surface area contributed by atoms with Crippen LogP contribution in [0.15, 0.2) is 48.5 Å². The summed E-state index contributed by atoms with van der Waals surface area (Å²) in [6, 6.07) is 14.4. The first kappa shape index (κ1) is 21.3. The molecule has 0 bridgehead atoms. The van der Waals surface area contributed by atoms with E-state index in [1.807, 2.05) is 24.3 Å². The number of rotatable bonds is 6. The normalized spacial score (nSPS) is 13.8. The predicted molar refractivity (Wildman–Crippen MR) is 127 cm³/mol. The van der Waals surface area contributed by atoms with Crippen LogP contribution in [0.1, 0.15) is 5.82 Å². The molecule has 168 valence electrons. The van der Waals surface area contributed by atoms with Crippen LogP contribution in [0.5, 0.6) is 11.6 Å². The number of imidazole rings is 1. The molecule has 3 N–H and O–H groups in total. The molecule has 1 fully saturated rings. The minimum absolute atomic E-state index is 0.0892. The molecule has 3 heterocycles. The van der Waals surface area contributed by atoms with Gasteiger partial charge in [-0.1, -0.05) is 35.3 Å². The average molecular weight is 484 g/mol. The van der Waals surface area contributed by atoms with Gasteiger partial charge >= 0.3 is 0 Å². The maximum absolute atomic E-state index is 11.9. The fraction of sp³-hybridized carbons (Fsp3) is 0.182. The number of hydrogen-bond acceptors (Lipinski definition) is 7. The lowest BCUT2D eigenvalue weighted by molar-refractivity contribution is -0.120. The zero-order valence-corrected chi connectivity index (χ0v) is 18.8. The van der Waals surface area contributed by atoms with Crippen LogP contribution in [0.4, 0.5) is 11.8 Å². The second-order valence-electron chi connectivity index (χ2n) is 7.39.